The monoisotopic (exact) mass is 252 g/mol. The molecule has 6 heteroatoms. The normalized spacial score (nSPS) is 13.4. The van der Waals surface area contributed by atoms with Crippen molar-refractivity contribution in [2.24, 2.45) is 10.9 Å². The highest BCUT2D eigenvalue weighted by Crippen LogP contribution is 2.19. The zero-order chi connectivity index (χ0) is 13.5. The van der Waals surface area contributed by atoms with E-state index in [0.717, 1.165) is 6.54 Å². The van der Waals surface area contributed by atoms with Gasteiger partial charge < -0.3 is 20.6 Å². The predicted octanol–water partition coefficient (Wildman–Crippen LogP) is 1.04. The molecule has 1 aromatic rings. The molecule has 0 fully saturated rings. The van der Waals surface area contributed by atoms with Crippen LogP contribution in [0.1, 0.15) is 19.4 Å². The number of hydrogen-bond donors (Lipinski definition) is 2. The molecule has 18 heavy (non-hydrogen) atoms. The van der Waals surface area contributed by atoms with Gasteiger partial charge in [-0.25, -0.2) is 4.98 Å². The molecule has 0 aromatic carbocycles. The highest BCUT2D eigenvalue weighted by atomic mass is 16.5. The number of hydrogen-bond acceptors (Lipinski definition) is 5. The summed E-state index contributed by atoms with van der Waals surface area (Å²) in [5.41, 5.74) is 6.28. The summed E-state index contributed by atoms with van der Waals surface area (Å²) in [6, 6.07) is 3.69. The summed E-state index contributed by atoms with van der Waals surface area (Å²) in [7, 11) is 1.66. The van der Waals surface area contributed by atoms with Crippen molar-refractivity contribution in [3.05, 3.63) is 23.9 Å². The summed E-state index contributed by atoms with van der Waals surface area (Å²) < 4.78 is 5.15. The molecule has 0 spiro atoms. The van der Waals surface area contributed by atoms with Crippen LogP contribution in [0.15, 0.2) is 23.5 Å². The number of amidine groups is 1. The Morgan fingerprint density at radius 2 is 2.39 bits per heavy atom. The van der Waals surface area contributed by atoms with Crippen molar-refractivity contribution in [1.29, 1.82) is 0 Å². The number of nitrogens with zero attached hydrogens (tertiary/aromatic N) is 3. The van der Waals surface area contributed by atoms with Crippen LogP contribution >= 0.6 is 0 Å². The van der Waals surface area contributed by atoms with E-state index in [4.69, 9.17) is 15.7 Å². The second kappa shape index (κ2) is 6.80. The van der Waals surface area contributed by atoms with E-state index < -0.39 is 0 Å². The molecule has 0 aliphatic carbocycles. The molecule has 1 rings (SSSR count). The van der Waals surface area contributed by atoms with E-state index in [0.29, 0.717) is 18.0 Å². The average molecular weight is 252 g/mol. The SMILES string of the molecule is CCN(c1ncccc1C(N)=NO)C(C)COC. The van der Waals surface area contributed by atoms with Crippen LogP contribution < -0.4 is 10.6 Å². The second-order valence-electron chi connectivity index (χ2n) is 3.95. The third-order valence-electron chi connectivity index (χ3n) is 2.72. The molecule has 0 aliphatic rings. The number of pyridine rings is 1. The number of anilines is 1. The Labute approximate surface area is 107 Å². The van der Waals surface area contributed by atoms with Crippen molar-refractivity contribution in [1.82, 2.24) is 4.98 Å². The number of oxime groups is 1. The molecule has 0 radical (unpaired) electrons. The van der Waals surface area contributed by atoms with Gasteiger partial charge >= 0.3 is 0 Å². The Hall–Kier alpha value is -1.82. The maximum absolute atomic E-state index is 8.80. The summed E-state index contributed by atoms with van der Waals surface area (Å²) in [6.45, 7) is 5.40. The molecule has 0 amide bonds. The summed E-state index contributed by atoms with van der Waals surface area (Å²) in [5, 5.41) is 11.8. The van der Waals surface area contributed by atoms with Crippen LogP contribution in [0.3, 0.4) is 0 Å². The van der Waals surface area contributed by atoms with Gasteiger partial charge in [-0.2, -0.15) is 0 Å². The molecule has 0 bridgehead atoms. The van der Waals surface area contributed by atoms with Crippen LogP contribution in [0.2, 0.25) is 0 Å². The molecule has 0 aliphatic heterocycles. The molecule has 1 aromatic heterocycles. The molecular formula is C12H20N4O2. The van der Waals surface area contributed by atoms with Gasteiger partial charge in [-0.15, -0.1) is 0 Å². The molecule has 1 unspecified atom stereocenters. The maximum Gasteiger partial charge on any atom is 0.173 e. The maximum atomic E-state index is 8.80. The van der Waals surface area contributed by atoms with Gasteiger partial charge in [-0.3, -0.25) is 0 Å². The lowest BCUT2D eigenvalue weighted by molar-refractivity contribution is 0.181. The number of likely N-dealkylation sites (N-methyl/N-ethyl adjacent to an activating group) is 1. The van der Waals surface area contributed by atoms with E-state index in [9.17, 15) is 0 Å². The largest absolute Gasteiger partial charge is 0.409 e. The Kier molecular flexibility index (Phi) is 5.38. The molecule has 3 N–H and O–H groups in total. The number of methoxy groups -OCH3 is 1. The van der Waals surface area contributed by atoms with Gasteiger partial charge in [-0.05, 0) is 26.0 Å². The van der Waals surface area contributed by atoms with E-state index in [1.54, 1.807) is 25.4 Å². The van der Waals surface area contributed by atoms with Gasteiger partial charge in [-0.1, -0.05) is 5.16 Å². The molecule has 100 valence electrons. The lowest BCUT2D eigenvalue weighted by Gasteiger charge is -2.29. The Bertz CT molecular complexity index is 409. The van der Waals surface area contributed by atoms with Crippen molar-refractivity contribution in [3.63, 3.8) is 0 Å². The lowest BCUT2D eigenvalue weighted by Crippen LogP contribution is -2.38. The number of nitrogens with two attached hydrogens (primary N) is 1. The van der Waals surface area contributed by atoms with Crippen LogP contribution in [0.5, 0.6) is 0 Å². The molecule has 6 nitrogen and oxygen atoms in total. The molecule has 1 atom stereocenters. The first-order chi connectivity index (χ1) is 8.65. The minimum Gasteiger partial charge on any atom is -0.409 e. The Morgan fingerprint density at radius 1 is 1.67 bits per heavy atom. The standard InChI is InChI=1S/C12H20N4O2/c1-4-16(9(2)8-18-3)12-10(11(13)15-17)6-5-7-14-12/h5-7,9,17H,4,8H2,1-3H3,(H2,13,15). The van der Waals surface area contributed by atoms with Crippen molar-refractivity contribution < 1.29 is 9.94 Å². The van der Waals surface area contributed by atoms with E-state index in [-0.39, 0.29) is 11.9 Å². The van der Waals surface area contributed by atoms with E-state index >= 15 is 0 Å². The van der Waals surface area contributed by atoms with Crippen molar-refractivity contribution in [2.75, 3.05) is 25.2 Å². The van der Waals surface area contributed by atoms with Gasteiger partial charge in [0.15, 0.2) is 5.84 Å². The Balaban J connectivity index is 3.13. The van der Waals surface area contributed by atoms with Crippen LogP contribution in [0, 0.1) is 0 Å². The molecule has 1 heterocycles. The van der Waals surface area contributed by atoms with Gasteiger partial charge in [0.05, 0.1) is 18.2 Å². The zero-order valence-corrected chi connectivity index (χ0v) is 11.0. The quantitative estimate of drug-likeness (QED) is 0.342. The highest BCUT2D eigenvalue weighted by molar-refractivity contribution is 6.01. The van der Waals surface area contributed by atoms with Gasteiger partial charge in [0.1, 0.15) is 5.82 Å². The topological polar surface area (TPSA) is 84.0 Å². The fraction of sp³-hybridized carbons (Fsp3) is 0.500. The molecule has 0 saturated carbocycles. The lowest BCUT2D eigenvalue weighted by atomic mass is 10.2. The summed E-state index contributed by atoms with van der Waals surface area (Å²) in [6.07, 6.45) is 1.69. The summed E-state index contributed by atoms with van der Waals surface area (Å²) in [5.74, 6) is 0.751. The second-order valence-corrected chi connectivity index (χ2v) is 3.95. The van der Waals surface area contributed by atoms with Crippen LogP contribution in [-0.4, -0.2) is 42.3 Å². The first-order valence-electron chi connectivity index (χ1n) is 5.84. The van der Waals surface area contributed by atoms with Gasteiger partial charge in [0.25, 0.3) is 0 Å². The van der Waals surface area contributed by atoms with E-state index in [2.05, 4.69) is 15.0 Å². The van der Waals surface area contributed by atoms with Crippen molar-refractivity contribution in [3.8, 4) is 0 Å². The third kappa shape index (κ3) is 3.10. The van der Waals surface area contributed by atoms with Crippen LogP contribution in [0.25, 0.3) is 0 Å². The summed E-state index contributed by atoms with van der Waals surface area (Å²) in [4.78, 5) is 6.37. The predicted molar refractivity (Wildman–Crippen MR) is 71.1 cm³/mol. The summed E-state index contributed by atoms with van der Waals surface area (Å²) >= 11 is 0. The minimum atomic E-state index is 0.0566. The average Bonchev–Trinajstić information content (AvgIpc) is 2.39. The first-order valence-corrected chi connectivity index (χ1v) is 5.84. The first kappa shape index (κ1) is 14.2. The minimum absolute atomic E-state index is 0.0566. The smallest absolute Gasteiger partial charge is 0.173 e. The number of ether oxygens (including phenoxy) is 1. The van der Waals surface area contributed by atoms with E-state index in [1.165, 1.54) is 0 Å². The fourth-order valence-corrected chi connectivity index (χ4v) is 1.88. The molecular weight excluding hydrogens is 232 g/mol. The van der Waals surface area contributed by atoms with Crippen molar-refractivity contribution >= 4 is 11.7 Å². The van der Waals surface area contributed by atoms with Crippen LogP contribution in [0.4, 0.5) is 5.82 Å². The zero-order valence-electron chi connectivity index (χ0n) is 11.0. The van der Waals surface area contributed by atoms with Gasteiger partial charge in [0.2, 0.25) is 0 Å². The number of aromatic nitrogens is 1. The molecule has 0 saturated heterocycles. The number of rotatable bonds is 6. The fourth-order valence-electron chi connectivity index (χ4n) is 1.88. The highest BCUT2D eigenvalue weighted by Gasteiger charge is 2.18. The van der Waals surface area contributed by atoms with E-state index in [1.807, 2.05) is 13.8 Å². The third-order valence-corrected chi connectivity index (χ3v) is 2.72. The van der Waals surface area contributed by atoms with Crippen LogP contribution in [-0.2, 0) is 4.74 Å². The van der Waals surface area contributed by atoms with Crippen molar-refractivity contribution in [2.45, 2.75) is 19.9 Å². The Morgan fingerprint density at radius 3 is 2.94 bits per heavy atom. The van der Waals surface area contributed by atoms with Gasteiger partial charge in [0, 0.05) is 19.9 Å².